The van der Waals surface area contributed by atoms with Crippen molar-refractivity contribution in [2.45, 2.75) is 18.9 Å². The quantitative estimate of drug-likeness (QED) is 0.630. The lowest BCUT2D eigenvalue weighted by molar-refractivity contribution is -0.153. The third-order valence-corrected chi connectivity index (χ3v) is 6.04. The molecule has 1 fully saturated rings. The lowest BCUT2D eigenvalue weighted by Crippen LogP contribution is -2.61. The standard InChI is InChI=1S/C27H28N2O4/c1-19-9-11-21(12-10-19)22-6-3-5-20(15-22)17-27(26(28)31)18-29(13-14-33-27)25(30)23-7-4-8-24(16-23)32-2/h3-12,15-16H,13-14,17-18H2,1-2H3,(H2,28,31)/t27-/m1/s1. The van der Waals surface area contributed by atoms with E-state index in [1.165, 1.54) is 5.56 Å². The van der Waals surface area contributed by atoms with Crippen molar-refractivity contribution < 1.29 is 19.1 Å². The number of benzene rings is 3. The van der Waals surface area contributed by atoms with Crippen molar-refractivity contribution >= 4 is 11.8 Å². The Morgan fingerprint density at radius 3 is 2.52 bits per heavy atom. The van der Waals surface area contributed by atoms with Crippen molar-refractivity contribution in [2.24, 2.45) is 5.73 Å². The molecule has 1 aliphatic heterocycles. The van der Waals surface area contributed by atoms with E-state index in [0.717, 1.165) is 16.7 Å². The van der Waals surface area contributed by atoms with E-state index < -0.39 is 11.5 Å². The molecule has 0 radical (unpaired) electrons. The highest BCUT2D eigenvalue weighted by Gasteiger charge is 2.44. The molecule has 3 aromatic carbocycles. The number of amides is 2. The molecule has 6 nitrogen and oxygen atoms in total. The van der Waals surface area contributed by atoms with Gasteiger partial charge in [-0.3, -0.25) is 9.59 Å². The van der Waals surface area contributed by atoms with Crippen LogP contribution >= 0.6 is 0 Å². The van der Waals surface area contributed by atoms with Crippen LogP contribution in [-0.4, -0.2) is 49.1 Å². The number of methoxy groups -OCH3 is 1. The minimum Gasteiger partial charge on any atom is -0.497 e. The van der Waals surface area contributed by atoms with Crippen molar-refractivity contribution in [3.63, 3.8) is 0 Å². The summed E-state index contributed by atoms with van der Waals surface area (Å²) in [5.74, 6) is -0.161. The maximum atomic E-state index is 13.2. The van der Waals surface area contributed by atoms with Gasteiger partial charge in [0.15, 0.2) is 5.60 Å². The predicted molar refractivity (Wildman–Crippen MR) is 127 cm³/mol. The molecule has 170 valence electrons. The Kier molecular flexibility index (Phi) is 6.47. The van der Waals surface area contributed by atoms with Crippen LogP contribution in [0.3, 0.4) is 0 Å². The minimum absolute atomic E-state index is 0.0904. The van der Waals surface area contributed by atoms with Gasteiger partial charge in [0.05, 0.1) is 20.3 Å². The van der Waals surface area contributed by atoms with Crippen LogP contribution in [-0.2, 0) is 16.0 Å². The summed E-state index contributed by atoms with van der Waals surface area (Å²) in [4.78, 5) is 27.4. The first kappa shape index (κ1) is 22.6. The highest BCUT2D eigenvalue weighted by atomic mass is 16.5. The number of carbonyl (C=O) groups is 2. The molecule has 33 heavy (non-hydrogen) atoms. The second-order valence-electron chi connectivity index (χ2n) is 8.41. The van der Waals surface area contributed by atoms with Crippen molar-refractivity contribution in [1.29, 1.82) is 0 Å². The summed E-state index contributed by atoms with van der Waals surface area (Å²) >= 11 is 0. The molecule has 2 N–H and O–H groups in total. The second kappa shape index (κ2) is 9.46. The number of ether oxygens (including phenoxy) is 2. The van der Waals surface area contributed by atoms with Gasteiger partial charge in [-0.15, -0.1) is 0 Å². The van der Waals surface area contributed by atoms with Gasteiger partial charge in [-0.05, 0) is 41.8 Å². The van der Waals surface area contributed by atoms with Crippen LogP contribution in [0, 0.1) is 6.92 Å². The fraction of sp³-hybridized carbons (Fsp3) is 0.259. The smallest absolute Gasteiger partial charge is 0.254 e. The Labute approximate surface area is 193 Å². The zero-order chi connectivity index (χ0) is 23.4. The van der Waals surface area contributed by atoms with Crippen LogP contribution in [0.15, 0.2) is 72.8 Å². The van der Waals surface area contributed by atoms with Gasteiger partial charge in [0, 0.05) is 18.5 Å². The molecule has 1 atom stereocenters. The zero-order valence-electron chi connectivity index (χ0n) is 18.9. The first-order valence-corrected chi connectivity index (χ1v) is 10.9. The maximum Gasteiger partial charge on any atom is 0.254 e. The van der Waals surface area contributed by atoms with E-state index in [1.54, 1.807) is 36.3 Å². The molecule has 0 unspecified atom stereocenters. The molecule has 0 aromatic heterocycles. The van der Waals surface area contributed by atoms with E-state index >= 15 is 0 Å². The highest BCUT2D eigenvalue weighted by molar-refractivity contribution is 5.95. The average molecular weight is 445 g/mol. The molecule has 2 amide bonds. The van der Waals surface area contributed by atoms with Gasteiger partial charge in [-0.1, -0.05) is 60.2 Å². The number of primary amides is 1. The van der Waals surface area contributed by atoms with Crippen molar-refractivity contribution in [2.75, 3.05) is 26.8 Å². The molecule has 6 heteroatoms. The minimum atomic E-state index is -1.29. The third kappa shape index (κ3) is 4.91. The summed E-state index contributed by atoms with van der Waals surface area (Å²) < 4.78 is 11.2. The highest BCUT2D eigenvalue weighted by Crippen LogP contribution is 2.28. The molecule has 1 saturated heterocycles. The van der Waals surface area contributed by atoms with Crippen LogP contribution in [0.2, 0.25) is 0 Å². The largest absolute Gasteiger partial charge is 0.497 e. The normalized spacial score (nSPS) is 18.1. The van der Waals surface area contributed by atoms with Crippen molar-refractivity contribution in [3.05, 3.63) is 89.5 Å². The third-order valence-electron chi connectivity index (χ3n) is 6.04. The SMILES string of the molecule is COc1cccc(C(=O)N2CCO[C@@](Cc3cccc(-c4ccc(C)cc4)c3)(C(N)=O)C2)c1. The van der Waals surface area contributed by atoms with E-state index in [0.29, 0.717) is 17.9 Å². The molecule has 0 saturated carbocycles. The van der Waals surface area contributed by atoms with Crippen LogP contribution < -0.4 is 10.5 Å². The van der Waals surface area contributed by atoms with Gasteiger partial charge in [0.1, 0.15) is 5.75 Å². The van der Waals surface area contributed by atoms with Crippen LogP contribution in [0.5, 0.6) is 5.75 Å². The zero-order valence-corrected chi connectivity index (χ0v) is 18.9. The Balaban J connectivity index is 1.58. The van der Waals surface area contributed by atoms with Crippen LogP contribution in [0.4, 0.5) is 0 Å². The van der Waals surface area contributed by atoms with E-state index in [9.17, 15) is 9.59 Å². The van der Waals surface area contributed by atoms with Gasteiger partial charge in [-0.2, -0.15) is 0 Å². The second-order valence-corrected chi connectivity index (χ2v) is 8.41. The fourth-order valence-corrected chi connectivity index (χ4v) is 4.18. The number of nitrogens with zero attached hydrogens (tertiary/aromatic N) is 1. The molecule has 0 aliphatic carbocycles. The van der Waals surface area contributed by atoms with E-state index in [1.807, 2.05) is 24.3 Å². The van der Waals surface area contributed by atoms with Gasteiger partial charge >= 0.3 is 0 Å². The van der Waals surface area contributed by atoms with Gasteiger partial charge < -0.3 is 20.1 Å². The number of aryl methyl sites for hydroxylation is 1. The monoisotopic (exact) mass is 444 g/mol. The van der Waals surface area contributed by atoms with Gasteiger partial charge in [0.2, 0.25) is 0 Å². The molecular formula is C27H28N2O4. The summed E-state index contributed by atoms with van der Waals surface area (Å²) in [5, 5.41) is 0. The van der Waals surface area contributed by atoms with E-state index in [2.05, 4.69) is 31.2 Å². The number of morpholine rings is 1. The van der Waals surface area contributed by atoms with Gasteiger partial charge in [-0.25, -0.2) is 0 Å². The topological polar surface area (TPSA) is 81.9 Å². The lowest BCUT2D eigenvalue weighted by Gasteiger charge is -2.40. The lowest BCUT2D eigenvalue weighted by atomic mass is 9.90. The first-order chi connectivity index (χ1) is 15.9. The predicted octanol–water partition coefficient (Wildman–Crippen LogP) is 3.61. The average Bonchev–Trinajstić information content (AvgIpc) is 2.84. The van der Waals surface area contributed by atoms with Crippen LogP contribution in [0.25, 0.3) is 11.1 Å². The molecule has 1 aliphatic rings. The molecule has 0 bridgehead atoms. The number of rotatable bonds is 6. The summed E-state index contributed by atoms with van der Waals surface area (Å²) in [5.41, 5.74) is 9.30. The Hall–Kier alpha value is -3.64. The maximum absolute atomic E-state index is 13.2. The molecular weight excluding hydrogens is 416 g/mol. The van der Waals surface area contributed by atoms with Crippen molar-refractivity contribution in [1.82, 2.24) is 4.90 Å². The molecule has 0 spiro atoms. The first-order valence-electron chi connectivity index (χ1n) is 10.9. The van der Waals surface area contributed by atoms with Crippen molar-refractivity contribution in [3.8, 4) is 16.9 Å². The van der Waals surface area contributed by atoms with Gasteiger partial charge in [0.25, 0.3) is 11.8 Å². The Morgan fingerprint density at radius 2 is 1.79 bits per heavy atom. The summed E-state index contributed by atoms with van der Waals surface area (Å²) in [6.07, 6.45) is 0.282. The number of carbonyl (C=O) groups excluding carboxylic acids is 2. The fourth-order valence-electron chi connectivity index (χ4n) is 4.18. The Morgan fingerprint density at radius 1 is 1.03 bits per heavy atom. The Bertz CT molecular complexity index is 1160. The number of hydrogen-bond donors (Lipinski definition) is 1. The van der Waals surface area contributed by atoms with E-state index in [-0.39, 0.29) is 25.5 Å². The van der Waals surface area contributed by atoms with E-state index in [4.69, 9.17) is 15.2 Å². The molecule has 3 aromatic rings. The molecule has 4 rings (SSSR count). The molecule has 1 heterocycles. The summed E-state index contributed by atoms with van der Waals surface area (Å²) in [6, 6.07) is 23.2. The van der Waals surface area contributed by atoms with Crippen LogP contribution in [0.1, 0.15) is 21.5 Å². The summed E-state index contributed by atoms with van der Waals surface area (Å²) in [6.45, 7) is 2.76. The number of nitrogens with two attached hydrogens (primary N) is 1. The number of hydrogen-bond acceptors (Lipinski definition) is 4. The summed E-state index contributed by atoms with van der Waals surface area (Å²) in [7, 11) is 1.56.